The molecule has 0 N–H and O–H groups in total. The van der Waals surface area contributed by atoms with Crippen LogP contribution in [-0.2, 0) is 25.5 Å². The third-order valence-electron chi connectivity index (χ3n) is 2.62. The van der Waals surface area contributed by atoms with Crippen LogP contribution in [0.1, 0.15) is 26.3 Å². The average molecular weight is 458 g/mol. The van der Waals surface area contributed by atoms with Gasteiger partial charge in [-0.05, 0) is 17.2 Å². The van der Waals surface area contributed by atoms with E-state index in [9.17, 15) is 0 Å². The van der Waals surface area contributed by atoms with E-state index in [1.807, 2.05) is 18.2 Å². The fourth-order valence-electron chi connectivity index (χ4n) is 1.57. The molecule has 0 amide bonds. The number of hydrogen-bond donors (Lipinski definition) is 0. The third-order valence-corrected chi connectivity index (χ3v) is 2.62. The Bertz CT molecular complexity index is 485. The van der Waals surface area contributed by atoms with Crippen molar-refractivity contribution < 1.29 is 20.1 Å². The van der Waals surface area contributed by atoms with Gasteiger partial charge < -0.3 is 17.0 Å². The molecule has 0 unspecified atom stereocenters. The molecule has 112 valence electrons. The van der Waals surface area contributed by atoms with Gasteiger partial charge in [0.2, 0.25) is 0 Å². The van der Waals surface area contributed by atoms with Gasteiger partial charge in [-0.1, -0.05) is 32.9 Å². The van der Waals surface area contributed by atoms with E-state index in [1.54, 1.807) is 6.20 Å². The molecule has 2 nitrogen and oxygen atoms in total. The van der Waals surface area contributed by atoms with E-state index in [-0.39, 0.29) is 25.5 Å². The summed E-state index contributed by atoms with van der Waals surface area (Å²) >= 11 is 0. The van der Waals surface area contributed by atoms with Crippen molar-refractivity contribution in [1.29, 1.82) is 0 Å². The van der Waals surface area contributed by atoms with Gasteiger partial charge in [-0.25, -0.2) is 6.72 Å². The van der Waals surface area contributed by atoms with Gasteiger partial charge in [0.25, 0.3) is 0 Å². The van der Waals surface area contributed by atoms with Crippen LogP contribution in [0.25, 0.3) is 16.7 Å². The van der Waals surface area contributed by atoms with Crippen LogP contribution in [0.2, 0.25) is 0 Å². The van der Waals surface area contributed by atoms with Crippen LogP contribution in [0.15, 0.2) is 49.2 Å². The molecule has 0 saturated heterocycles. The quantitative estimate of drug-likeness (QED) is 0.451. The minimum atomic E-state index is 0. The molecule has 0 fully saturated rings. The van der Waals surface area contributed by atoms with Crippen LogP contribution in [0.3, 0.4) is 0 Å². The van der Waals surface area contributed by atoms with E-state index in [1.165, 1.54) is 5.56 Å². The third kappa shape index (κ3) is 7.12. The fraction of sp³-hybridized carbons (Fsp3) is 0.222. The Morgan fingerprint density at radius 1 is 1.10 bits per heavy atom. The van der Waals surface area contributed by atoms with E-state index in [4.69, 9.17) is 5.41 Å². The first-order valence-electron chi connectivity index (χ1n) is 6.23. The minimum absolute atomic E-state index is 0. The summed E-state index contributed by atoms with van der Waals surface area (Å²) in [5.41, 5.74) is 3.50. The summed E-state index contributed by atoms with van der Waals surface area (Å²) in [6.07, 6.45) is 1.81. The van der Waals surface area contributed by atoms with Crippen molar-refractivity contribution in [3.8, 4) is 11.3 Å². The average Bonchev–Trinajstić information content (AvgIpc) is 2.51. The standard InChI is InChI=1S/C15H16N.C2H3.CH2N.Ir/c1-15(2,3)13-9-7-12(8-10-13)14-6-4-5-11-16-14;2*1-2;/h4-7,9-11H,1-3H3;1H,2H2;1H2;/q3*-1;+3. The molecule has 1 aromatic carbocycles. The Hall–Kier alpha value is -1.57. The molecule has 0 aliphatic rings. The summed E-state index contributed by atoms with van der Waals surface area (Å²) in [5.74, 6) is 0. The van der Waals surface area contributed by atoms with Crippen LogP contribution in [0.5, 0.6) is 0 Å². The maximum Gasteiger partial charge on any atom is 3.00 e. The number of hydrogen-bond acceptors (Lipinski definition) is 1. The monoisotopic (exact) mass is 458 g/mol. The first kappa shape index (κ1) is 21.7. The normalized spacial score (nSPS) is 9.10. The maximum absolute atomic E-state index is 6.75. The molecule has 0 atom stereocenters. The second kappa shape index (κ2) is 11.1. The Morgan fingerprint density at radius 2 is 1.71 bits per heavy atom. The van der Waals surface area contributed by atoms with Crippen molar-refractivity contribution in [2.75, 3.05) is 0 Å². The molecule has 1 aromatic heterocycles. The molecular formula is C18H21IrN2. The second-order valence-electron chi connectivity index (χ2n) is 4.96. The molecule has 0 radical (unpaired) electrons. The Morgan fingerprint density at radius 3 is 2.10 bits per heavy atom. The molecular weight excluding hydrogens is 436 g/mol. The molecule has 0 saturated carbocycles. The second-order valence-corrected chi connectivity index (χ2v) is 4.96. The van der Waals surface area contributed by atoms with Crippen molar-refractivity contribution in [2.24, 2.45) is 0 Å². The summed E-state index contributed by atoms with van der Waals surface area (Å²) < 4.78 is 0. The smallest absolute Gasteiger partial charge is 0.817 e. The van der Waals surface area contributed by atoms with E-state index in [0.29, 0.717) is 0 Å². The summed E-state index contributed by atoms with van der Waals surface area (Å²) in [5, 5.41) is 6.75. The van der Waals surface area contributed by atoms with E-state index in [2.05, 4.69) is 69.9 Å². The van der Waals surface area contributed by atoms with E-state index >= 15 is 0 Å². The van der Waals surface area contributed by atoms with Crippen molar-refractivity contribution in [2.45, 2.75) is 26.2 Å². The molecule has 1 heterocycles. The van der Waals surface area contributed by atoms with Crippen LogP contribution in [0.4, 0.5) is 0 Å². The van der Waals surface area contributed by atoms with E-state index in [0.717, 1.165) is 11.3 Å². The first-order chi connectivity index (χ1) is 9.57. The zero-order valence-corrected chi connectivity index (χ0v) is 15.2. The predicted octanol–water partition coefficient (Wildman–Crippen LogP) is 4.71. The Kier molecular flexibility index (Phi) is 11.5. The fourth-order valence-corrected chi connectivity index (χ4v) is 1.57. The SMILES string of the molecule is C=[N-].CC(C)(C)c1c[c-]c(-c2ccccn2)cc1.[CH-]=C.[Ir+3]. The summed E-state index contributed by atoms with van der Waals surface area (Å²) in [7, 11) is 0. The van der Waals surface area contributed by atoms with E-state index < -0.39 is 0 Å². The molecule has 0 bridgehead atoms. The summed E-state index contributed by atoms with van der Waals surface area (Å²) in [4.78, 5) is 4.31. The minimum Gasteiger partial charge on any atom is -0.817 e. The van der Waals surface area contributed by atoms with Crippen LogP contribution in [-0.4, -0.2) is 11.7 Å². The van der Waals surface area contributed by atoms with Crippen molar-refractivity contribution in [3.63, 3.8) is 0 Å². The number of rotatable bonds is 1. The van der Waals surface area contributed by atoms with Crippen molar-refractivity contribution in [1.82, 2.24) is 4.98 Å². The van der Waals surface area contributed by atoms with Crippen LogP contribution in [0, 0.1) is 12.6 Å². The van der Waals surface area contributed by atoms with Gasteiger partial charge in [0, 0.05) is 6.20 Å². The molecule has 21 heavy (non-hydrogen) atoms. The number of benzene rings is 1. The van der Waals surface area contributed by atoms with Gasteiger partial charge in [0.05, 0.1) is 0 Å². The van der Waals surface area contributed by atoms with Crippen LogP contribution >= 0.6 is 0 Å². The van der Waals surface area contributed by atoms with Gasteiger partial charge in [0.15, 0.2) is 0 Å². The van der Waals surface area contributed by atoms with Gasteiger partial charge in [-0.15, -0.1) is 35.4 Å². The Balaban J connectivity index is 0. The van der Waals surface area contributed by atoms with Crippen molar-refractivity contribution >= 4 is 6.72 Å². The molecule has 3 heteroatoms. The zero-order chi connectivity index (χ0) is 15.6. The topological polar surface area (TPSA) is 35.2 Å². The number of aromatic nitrogens is 1. The summed E-state index contributed by atoms with van der Waals surface area (Å²) in [6, 6.07) is 15.5. The van der Waals surface area contributed by atoms with Crippen molar-refractivity contribution in [3.05, 3.63) is 72.8 Å². The predicted molar refractivity (Wildman–Crippen MR) is 87.6 cm³/mol. The van der Waals surface area contributed by atoms with Gasteiger partial charge in [-0.2, -0.15) is 0 Å². The molecule has 2 aromatic rings. The first-order valence-corrected chi connectivity index (χ1v) is 6.23. The maximum atomic E-state index is 6.75. The molecule has 0 aliphatic carbocycles. The molecule has 2 rings (SSSR count). The zero-order valence-electron chi connectivity index (χ0n) is 12.8. The summed E-state index contributed by atoms with van der Waals surface area (Å²) in [6.45, 7) is 15.9. The van der Waals surface area contributed by atoms with Crippen LogP contribution < -0.4 is 0 Å². The largest absolute Gasteiger partial charge is 3.00 e. The molecule has 0 spiro atoms. The van der Waals surface area contributed by atoms with Gasteiger partial charge in [0.1, 0.15) is 0 Å². The Labute approximate surface area is 142 Å². The number of nitrogens with zero attached hydrogens (tertiary/aromatic N) is 2. The number of pyridine rings is 1. The van der Waals surface area contributed by atoms with Gasteiger partial charge >= 0.3 is 20.1 Å². The molecule has 0 aliphatic heterocycles. The van der Waals surface area contributed by atoms with Gasteiger partial charge in [-0.3, -0.25) is 6.58 Å².